The van der Waals surface area contributed by atoms with Gasteiger partial charge in [-0.3, -0.25) is 28.3 Å². The lowest BCUT2D eigenvalue weighted by molar-refractivity contribution is -0.215. The number of carbonyl (C=O) groups is 3. The van der Waals surface area contributed by atoms with Crippen LogP contribution in [-0.4, -0.2) is 72.6 Å². The van der Waals surface area contributed by atoms with Crippen LogP contribution in [0, 0.1) is 11.8 Å². The van der Waals surface area contributed by atoms with Crippen LogP contribution in [0.15, 0.2) is 22.0 Å². The van der Waals surface area contributed by atoms with Crippen molar-refractivity contribution in [2.24, 2.45) is 11.8 Å². The molecule has 7 nitrogen and oxygen atoms in total. The largest absolute Gasteiger partial charge is 0.274 e. The van der Waals surface area contributed by atoms with E-state index in [4.69, 9.17) is 4.84 Å². The van der Waals surface area contributed by atoms with Crippen molar-refractivity contribution in [1.82, 2.24) is 9.96 Å². The molecule has 2 fully saturated rings. The van der Waals surface area contributed by atoms with Gasteiger partial charge in [0.15, 0.2) is 0 Å². The van der Waals surface area contributed by atoms with E-state index in [1.807, 2.05) is 27.7 Å². The summed E-state index contributed by atoms with van der Waals surface area (Å²) in [5.41, 5.74) is -0.961. The first-order valence-electron chi connectivity index (χ1n) is 13.9. The lowest BCUT2D eigenvalue weighted by Gasteiger charge is -2.40. The van der Waals surface area contributed by atoms with E-state index in [0.717, 1.165) is 66.3 Å². The molecule has 2 saturated heterocycles. The Kier molecular flexibility index (Phi) is 9.91. The molecule has 0 bridgehead atoms. The molecule has 212 valence electrons. The summed E-state index contributed by atoms with van der Waals surface area (Å²) in [6, 6.07) is 0. The second-order valence-electron chi connectivity index (χ2n) is 11.9. The summed E-state index contributed by atoms with van der Waals surface area (Å²) in [6.45, 7) is 8.56. The number of fused-ring (bicyclic) bond motifs is 2. The molecule has 38 heavy (non-hydrogen) atoms. The molecule has 3 amide bonds. The van der Waals surface area contributed by atoms with Gasteiger partial charge in [0.1, 0.15) is 0 Å². The number of thioether (sulfide) groups is 2. The summed E-state index contributed by atoms with van der Waals surface area (Å²) >= 11 is 3.39. The Hall–Kier alpha value is -1.10. The SMILES string of the molecule is CC(C)(CCCCS(=O)CCCCC(C)(C)N1C(=O)C=C2SCCC2C1=O)N1OCC2CCSC2=CC1=O. The third kappa shape index (κ3) is 6.96. The number of carbonyl (C=O) groups excluding carboxylic acids is 3. The summed E-state index contributed by atoms with van der Waals surface area (Å²) in [6.07, 6.45) is 10.1. The molecular weight excluding hydrogens is 541 g/mol. The Labute approximate surface area is 238 Å². The highest BCUT2D eigenvalue weighted by Crippen LogP contribution is 2.42. The third-order valence-electron chi connectivity index (χ3n) is 8.01. The van der Waals surface area contributed by atoms with E-state index < -0.39 is 21.9 Å². The molecule has 3 atom stereocenters. The van der Waals surface area contributed by atoms with Gasteiger partial charge in [0.2, 0.25) is 5.91 Å². The predicted octanol–water partition coefficient (Wildman–Crippen LogP) is 5.05. The zero-order valence-corrected chi connectivity index (χ0v) is 25.6. The van der Waals surface area contributed by atoms with Gasteiger partial charge in [-0.05, 0) is 82.6 Å². The number of hydrogen-bond donors (Lipinski definition) is 0. The third-order valence-corrected chi connectivity index (χ3v) is 11.9. The molecule has 0 aliphatic carbocycles. The van der Waals surface area contributed by atoms with Crippen LogP contribution in [-0.2, 0) is 30.0 Å². The summed E-state index contributed by atoms with van der Waals surface area (Å²) in [5, 5.41) is 1.55. The Morgan fingerprint density at radius 3 is 2.18 bits per heavy atom. The van der Waals surface area contributed by atoms with Gasteiger partial charge in [0.05, 0.1) is 18.1 Å². The quantitative estimate of drug-likeness (QED) is 0.235. The number of unbranched alkanes of at least 4 members (excludes halogenated alkanes) is 2. The van der Waals surface area contributed by atoms with Crippen LogP contribution in [0.2, 0.25) is 0 Å². The van der Waals surface area contributed by atoms with E-state index in [-0.39, 0.29) is 23.6 Å². The van der Waals surface area contributed by atoms with Gasteiger partial charge in [-0.2, -0.15) is 0 Å². The van der Waals surface area contributed by atoms with Gasteiger partial charge in [0, 0.05) is 50.8 Å². The van der Waals surface area contributed by atoms with E-state index in [2.05, 4.69) is 0 Å². The van der Waals surface area contributed by atoms with E-state index in [9.17, 15) is 18.6 Å². The van der Waals surface area contributed by atoms with Crippen molar-refractivity contribution in [3.63, 3.8) is 0 Å². The first-order valence-corrected chi connectivity index (χ1v) is 17.3. The number of rotatable bonds is 12. The normalized spacial score (nSPS) is 25.2. The Morgan fingerprint density at radius 2 is 1.47 bits per heavy atom. The molecule has 4 aliphatic rings. The Morgan fingerprint density at radius 1 is 0.868 bits per heavy atom. The van der Waals surface area contributed by atoms with Crippen molar-refractivity contribution in [1.29, 1.82) is 0 Å². The smallest absolute Gasteiger partial charge is 0.271 e. The van der Waals surface area contributed by atoms with Crippen LogP contribution in [0.4, 0.5) is 0 Å². The number of hydrogen-bond acceptors (Lipinski definition) is 7. The second-order valence-corrected chi connectivity index (χ2v) is 16.0. The van der Waals surface area contributed by atoms with Gasteiger partial charge in [-0.25, -0.2) is 5.06 Å². The fraction of sp³-hybridized carbons (Fsp3) is 0.750. The number of imide groups is 1. The molecule has 4 rings (SSSR count). The van der Waals surface area contributed by atoms with E-state index >= 15 is 0 Å². The Bertz CT molecular complexity index is 1020. The maximum absolute atomic E-state index is 13.0. The van der Waals surface area contributed by atoms with Crippen LogP contribution in [0.5, 0.6) is 0 Å². The molecule has 0 N–H and O–H groups in total. The minimum atomic E-state index is -0.900. The number of nitrogens with zero attached hydrogens (tertiary/aromatic N) is 2. The summed E-state index contributed by atoms with van der Waals surface area (Å²) in [4.78, 5) is 47.9. The van der Waals surface area contributed by atoms with E-state index in [1.54, 1.807) is 40.7 Å². The first kappa shape index (κ1) is 29.9. The predicted molar refractivity (Wildman–Crippen MR) is 156 cm³/mol. The highest BCUT2D eigenvalue weighted by Gasteiger charge is 2.44. The highest BCUT2D eigenvalue weighted by molar-refractivity contribution is 8.03. The Balaban J connectivity index is 1.14. The lowest BCUT2D eigenvalue weighted by Crippen LogP contribution is -2.54. The standard InChI is InChI=1S/C28H42N2O5S3/c1-27(2,29-24(31)18-23-21(26(29)33)10-14-37-23)11-5-7-15-38(34)16-8-6-12-28(3,4)30-25(32)17-22-20(19-35-30)9-13-36-22/h17-18,20-21H,5-16,19H2,1-4H3. The molecule has 0 radical (unpaired) electrons. The minimum absolute atomic E-state index is 0.0559. The molecule has 10 heteroatoms. The number of amides is 3. The molecule has 0 aromatic heterocycles. The minimum Gasteiger partial charge on any atom is -0.274 e. The monoisotopic (exact) mass is 582 g/mol. The second kappa shape index (κ2) is 12.6. The van der Waals surface area contributed by atoms with Crippen LogP contribution in [0.3, 0.4) is 0 Å². The maximum atomic E-state index is 13.0. The summed E-state index contributed by atoms with van der Waals surface area (Å²) < 4.78 is 12.6. The van der Waals surface area contributed by atoms with Crippen LogP contribution >= 0.6 is 23.5 Å². The van der Waals surface area contributed by atoms with Gasteiger partial charge >= 0.3 is 0 Å². The average molecular weight is 583 g/mol. The van der Waals surface area contributed by atoms with Crippen LogP contribution in [0.25, 0.3) is 0 Å². The summed E-state index contributed by atoms with van der Waals surface area (Å²) in [7, 11) is -0.900. The van der Waals surface area contributed by atoms with Crippen molar-refractivity contribution in [3.8, 4) is 0 Å². The van der Waals surface area contributed by atoms with Crippen LogP contribution < -0.4 is 0 Å². The van der Waals surface area contributed by atoms with Gasteiger partial charge in [0.25, 0.3) is 11.8 Å². The van der Waals surface area contributed by atoms with Gasteiger partial charge in [-0.1, -0.05) is 12.8 Å². The zero-order valence-electron chi connectivity index (χ0n) is 23.2. The topological polar surface area (TPSA) is 84.0 Å². The fourth-order valence-corrected chi connectivity index (χ4v) is 9.41. The lowest BCUT2D eigenvalue weighted by atomic mass is 9.90. The van der Waals surface area contributed by atoms with E-state index in [1.165, 1.54) is 4.90 Å². The molecule has 0 spiro atoms. The zero-order chi connectivity index (χ0) is 27.5. The maximum Gasteiger partial charge on any atom is 0.271 e. The van der Waals surface area contributed by atoms with Gasteiger partial charge in [-0.15, -0.1) is 23.5 Å². The van der Waals surface area contributed by atoms with Crippen molar-refractivity contribution in [2.75, 3.05) is 29.6 Å². The van der Waals surface area contributed by atoms with Gasteiger partial charge < -0.3 is 0 Å². The summed E-state index contributed by atoms with van der Waals surface area (Å²) in [5.74, 6) is 3.11. The molecule has 3 unspecified atom stereocenters. The molecular formula is C28H42N2O5S3. The molecule has 0 aromatic rings. The number of hydroxylamine groups is 2. The molecule has 4 heterocycles. The fourth-order valence-electron chi connectivity index (χ4n) is 5.71. The average Bonchev–Trinajstić information content (AvgIpc) is 3.46. The molecule has 0 aromatic carbocycles. The van der Waals surface area contributed by atoms with Crippen molar-refractivity contribution < 1.29 is 23.4 Å². The van der Waals surface area contributed by atoms with Crippen LogP contribution in [0.1, 0.15) is 79.1 Å². The van der Waals surface area contributed by atoms with Crippen molar-refractivity contribution in [2.45, 2.75) is 90.1 Å². The van der Waals surface area contributed by atoms with Crippen molar-refractivity contribution >= 4 is 52.0 Å². The molecule has 4 aliphatic heterocycles. The molecule has 0 saturated carbocycles. The van der Waals surface area contributed by atoms with Crippen molar-refractivity contribution in [3.05, 3.63) is 22.0 Å². The first-order chi connectivity index (χ1) is 18.0. The van der Waals surface area contributed by atoms with E-state index in [0.29, 0.717) is 30.5 Å². The highest BCUT2D eigenvalue weighted by atomic mass is 32.2.